The minimum atomic E-state index is -1.80. The van der Waals surface area contributed by atoms with Crippen LogP contribution in [-0.2, 0) is 14.2 Å². The summed E-state index contributed by atoms with van der Waals surface area (Å²) >= 11 is 0. The Balaban J connectivity index is 1.60. The van der Waals surface area contributed by atoms with Crippen LogP contribution in [0.5, 0.6) is 23.0 Å². The lowest BCUT2D eigenvalue weighted by Gasteiger charge is -2.42. The highest BCUT2D eigenvalue weighted by Gasteiger charge is 2.53. The number of benzene rings is 2. The Kier molecular flexibility index (Phi) is 7.84. The van der Waals surface area contributed by atoms with E-state index in [4.69, 9.17) is 23.4 Å². The minimum Gasteiger partial charge on any atom is -0.508 e. The van der Waals surface area contributed by atoms with Gasteiger partial charge in [0.15, 0.2) is 18.2 Å². The number of rotatable bonds is 7. The van der Waals surface area contributed by atoms with Gasteiger partial charge in [-0.1, -0.05) is 6.92 Å². The summed E-state index contributed by atoms with van der Waals surface area (Å²) in [5.74, 6) is -1.89. The van der Waals surface area contributed by atoms with Crippen molar-refractivity contribution in [3.8, 4) is 34.3 Å². The molecule has 8 N–H and O–H groups in total. The molecule has 8 atom stereocenters. The zero-order chi connectivity index (χ0) is 29.6. The van der Waals surface area contributed by atoms with Crippen LogP contribution >= 0.6 is 0 Å². The van der Waals surface area contributed by atoms with Crippen molar-refractivity contribution in [3.05, 3.63) is 46.6 Å². The monoisotopic (exact) mass is 578 g/mol. The molecule has 14 nitrogen and oxygen atoms in total. The van der Waals surface area contributed by atoms with Crippen LogP contribution in [0.3, 0.4) is 0 Å². The third kappa shape index (κ3) is 5.20. The molecule has 5 rings (SSSR count). The highest BCUT2D eigenvalue weighted by molar-refractivity contribution is 5.88. The first-order valence-corrected chi connectivity index (χ1v) is 12.8. The van der Waals surface area contributed by atoms with Gasteiger partial charge in [0, 0.05) is 17.7 Å². The summed E-state index contributed by atoms with van der Waals surface area (Å²) in [6.45, 7) is 0.561. The molecule has 0 saturated carbocycles. The van der Waals surface area contributed by atoms with E-state index in [1.165, 1.54) is 24.3 Å². The van der Waals surface area contributed by atoms with Crippen LogP contribution < -0.4 is 10.2 Å². The van der Waals surface area contributed by atoms with E-state index in [0.29, 0.717) is 0 Å². The van der Waals surface area contributed by atoms with Crippen molar-refractivity contribution in [1.82, 2.24) is 0 Å². The summed E-state index contributed by atoms with van der Waals surface area (Å²) in [5, 5.41) is 82.1. The van der Waals surface area contributed by atoms with Crippen LogP contribution in [0.1, 0.15) is 13.3 Å². The molecule has 2 aliphatic heterocycles. The van der Waals surface area contributed by atoms with Crippen molar-refractivity contribution < 1.29 is 64.2 Å². The highest BCUT2D eigenvalue weighted by Crippen LogP contribution is 2.38. The lowest BCUT2D eigenvalue weighted by atomic mass is 9.96. The quantitative estimate of drug-likeness (QED) is 0.179. The average Bonchev–Trinajstić information content (AvgIpc) is 3.22. The topological polar surface area (TPSA) is 229 Å². The largest absolute Gasteiger partial charge is 0.508 e. The van der Waals surface area contributed by atoms with Gasteiger partial charge in [-0.15, -0.1) is 0 Å². The fraction of sp³-hybridized carbons (Fsp3) is 0.444. The van der Waals surface area contributed by atoms with E-state index < -0.39 is 78.0 Å². The zero-order valence-electron chi connectivity index (χ0n) is 21.7. The van der Waals surface area contributed by atoms with Crippen LogP contribution in [0.15, 0.2) is 45.6 Å². The van der Waals surface area contributed by atoms with Crippen molar-refractivity contribution in [1.29, 1.82) is 0 Å². The zero-order valence-corrected chi connectivity index (χ0v) is 21.7. The molecule has 2 aliphatic rings. The van der Waals surface area contributed by atoms with Gasteiger partial charge >= 0.3 is 0 Å². The Morgan fingerprint density at radius 3 is 2.34 bits per heavy atom. The number of phenolic OH excluding ortho intramolecular Hbond substituents is 3. The van der Waals surface area contributed by atoms with Crippen LogP contribution in [0.25, 0.3) is 22.3 Å². The number of aromatic hydroxyl groups is 3. The molecule has 0 radical (unpaired) electrons. The van der Waals surface area contributed by atoms with Crippen LogP contribution in [-0.4, -0.2) is 103 Å². The second-order valence-electron chi connectivity index (χ2n) is 9.98. The van der Waals surface area contributed by atoms with Crippen molar-refractivity contribution in [2.45, 2.75) is 62.0 Å². The second kappa shape index (κ2) is 11.1. The Morgan fingerprint density at radius 2 is 1.71 bits per heavy atom. The normalized spacial score (nSPS) is 31.9. The molecule has 0 spiro atoms. The Morgan fingerprint density at radius 1 is 1.00 bits per heavy atom. The summed E-state index contributed by atoms with van der Waals surface area (Å²) in [4.78, 5) is 13.7. The molecular weight excluding hydrogens is 548 g/mol. The Bertz CT molecular complexity index is 1460. The molecule has 2 aromatic carbocycles. The maximum atomic E-state index is 13.7. The fourth-order valence-electron chi connectivity index (χ4n) is 4.83. The van der Waals surface area contributed by atoms with Crippen LogP contribution in [0.4, 0.5) is 0 Å². The standard InChI is InChI=1S/C27H30O14/c1-2-27(36)10-37-26(24(27)35)41-23-20(34)18(32)16(9-28)39-25(23)40-22-19(33)17-14(31)7-13(30)8-15(17)38-21(22)11-3-5-12(29)6-4-11/h3-8,16,18,20,23-26,28-32,34-36H,2,9-10H2,1H3/t16?,18-,20?,23?,24?,25+,26?,27?/m0/s1. The number of phenols is 3. The average molecular weight is 579 g/mol. The number of hydrogen-bond donors (Lipinski definition) is 8. The SMILES string of the molecule is CCC1(O)COC(OC2C(O)[C@@H](O)C(CO)O[C@@H]2Oc2c(-c3ccc(O)cc3)oc3cc(O)cc(O)c3c2=O)C1O. The van der Waals surface area contributed by atoms with Gasteiger partial charge in [-0.05, 0) is 30.7 Å². The minimum absolute atomic E-state index is 0.0937. The van der Waals surface area contributed by atoms with Crippen molar-refractivity contribution >= 4 is 11.0 Å². The van der Waals surface area contributed by atoms with Crippen molar-refractivity contribution in [2.75, 3.05) is 13.2 Å². The molecule has 3 heterocycles. The lowest BCUT2D eigenvalue weighted by Crippen LogP contribution is -2.62. The van der Waals surface area contributed by atoms with E-state index in [1.54, 1.807) is 6.92 Å². The van der Waals surface area contributed by atoms with Gasteiger partial charge in [0.05, 0.1) is 13.2 Å². The number of aliphatic hydroxyl groups is 5. The summed E-state index contributed by atoms with van der Waals surface area (Å²) in [7, 11) is 0. The molecular formula is C27H30O14. The van der Waals surface area contributed by atoms with E-state index in [-0.39, 0.29) is 41.1 Å². The predicted octanol–water partition coefficient (Wildman–Crippen LogP) is -0.362. The molecule has 1 aromatic heterocycles. The first kappa shape index (κ1) is 29.0. The van der Waals surface area contributed by atoms with E-state index in [2.05, 4.69) is 0 Å². The van der Waals surface area contributed by atoms with Gasteiger partial charge in [-0.25, -0.2) is 0 Å². The molecule has 0 amide bonds. The van der Waals surface area contributed by atoms with Crippen molar-refractivity contribution in [3.63, 3.8) is 0 Å². The van der Waals surface area contributed by atoms with E-state index in [9.17, 15) is 45.6 Å². The molecule has 222 valence electrons. The van der Waals surface area contributed by atoms with Gasteiger partial charge in [0.25, 0.3) is 0 Å². The highest BCUT2D eigenvalue weighted by atomic mass is 16.8. The molecule has 0 bridgehead atoms. The summed E-state index contributed by atoms with van der Waals surface area (Å²) in [6.07, 6.45) is -11.2. The molecule has 6 unspecified atom stereocenters. The molecule has 14 heteroatoms. The number of ether oxygens (including phenoxy) is 4. The molecule has 2 fully saturated rings. The predicted molar refractivity (Wildman–Crippen MR) is 137 cm³/mol. The first-order valence-electron chi connectivity index (χ1n) is 12.8. The third-order valence-corrected chi connectivity index (χ3v) is 7.32. The Hall–Kier alpha value is -3.47. The van der Waals surface area contributed by atoms with E-state index in [0.717, 1.165) is 12.1 Å². The number of hydrogen-bond acceptors (Lipinski definition) is 14. The lowest BCUT2D eigenvalue weighted by molar-refractivity contribution is -0.318. The summed E-state index contributed by atoms with van der Waals surface area (Å²) < 4.78 is 28.5. The van der Waals surface area contributed by atoms with E-state index >= 15 is 0 Å². The van der Waals surface area contributed by atoms with Crippen molar-refractivity contribution in [2.24, 2.45) is 0 Å². The number of aliphatic hydroxyl groups excluding tert-OH is 4. The van der Waals surface area contributed by atoms with Gasteiger partial charge in [-0.2, -0.15) is 0 Å². The van der Waals surface area contributed by atoms with Crippen LogP contribution in [0, 0.1) is 0 Å². The first-order chi connectivity index (χ1) is 19.5. The summed E-state index contributed by atoms with van der Waals surface area (Å²) in [5.41, 5.74) is -2.56. The second-order valence-corrected chi connectivity index (χ2v) is 9.98. The van der Waals surface area contributed by atoms with Gasteiger partial charge in [0.2, 0.25) is 17.5 Å². The number of fused-ring (bicyclic) bond motifs is 1. The molecule has 2 saturated heterocycles. The van der Waals surface area contributed by atoms with E-state index in [1.807, 2.05) is 0 Å². The molecule has 41 heavy (non-hydrogen) atoms. The molecule has 0 aliphatic carbocycles. The maximum absolute atomic E-state index is 13.7. The smallest absolute Gasteiger partial charge is 0.239 e. The van der Waals surface area contributed by atoms with Crippen LogP contribution in [0.2, 0.25) is 0 Å². The third-order valence-electron chi connectivity index (χ3n) is 7.32. The van der Waals surface area contributed by atoms with Gasteiger partial charge in [0.1, 0.15) is 58.2 Å². The molecule has 3 aromatic rings. The Labute approximate surface area is 231 Å². The fourth-order valence-corrected chi connectivity index (χ4v) is 4.83. The maximum Gasteiger partial charge on any atom is 0.239 e. The van der Waals surface area contributed by atoms with Gasteiger partial charge < -0.3 is 64.2 Å². The van der Waals surface area contributed by atoms with Gasteiger partial charge in [-0.3, -0.25) is 4.79 Å². The summed E-state index contributed by atoms with van der Waals surface area (Å²) in [6, 6.07) is 7.43.